The molecule has 81 valence electrons. The summed E-state index contributed by atoms with van der Waals surface area (Å²) < 4.78 is 0. The van der Waals surface area contributed by atoms with Crippen molar-refractivity contribution in [1.29, 1.82) is 0 Å². The van der Waals surface area contributed by atoms with Crippen LogP contribution in [0.5, 0.6) is 5.75 Å². The lowest BCUT2D eigenvalue weighted by Gasteiger charge is -2.29. The Kier molecular flexibility index (Phi) is 3.49. The van der Waals surface area contributed by atoms with Crippen molar-refractivity contribution in [3.63, 3.8) is 0 Å². The van der Waals surface area contributed by atoms with Crippen LogP contribution in [0.25, 0.3) is 0 Å². The molecule has 15 heavy (non-hydrogen) atoms. The largest absolute Gasteiger partial charge is 0.406 e. The Morgan fingerprint density at radius 1 is 1.20 bits per heavy atom. The molecule has 2 nitrogen and oxygen atoms in total. The van der Waals surface area contributed by atoms with Gasteiger partial charge in [-0.1, -0.05) is 18.5 Å². The van der Waals surface area contributed by atoms with E-state index in [0.29, 0.717) is 5.92 Å². The number of nitrogens with zero attached hydrogens (tertiary/aromatic N) is 1. The van der Waals surface area contributed by atoms with Gasteiger partial charge in [0, 0.05) is 18.1 Å². The lowest BCUT2D eigenvalue weighted by atomic mass is 10.0. The Balaban J connectivity index is 1.89. The Labute approximate surface area is 95.7 Å². The second-order valence-electron chi connectivity index (χ2n) is 3.92. The summed E-state index contributed by atoms with van der Waals surface area (Å²) in [5.41, 5.74) is 0. The number of hydrogen-bond acceptors (Lipinski definition) is 2. The van der Waals surface area contributed by atoms with Crippen molar-refractivity contribution in [2.75, 3.05) is 13.1 Å². The molecule has 1 heterocycles. The maximum absolute atomic E-state index is 5.80. The van der Waals surface area contributed by atoms with Crippen LogP contribution in [0.3, 0.4) is 0 Å². The third-order valence-corrected chi connectivity index (χ3v) is 2.87. The van der Waals surface area contributed by atoms with E-state index >= 15 is 0 Å². The van der Waals surface area contributed by atoms with Gasteiger partial charge in [0.2, 0.25) is 0 Å². The van der Waals surface area contributed by atoms with Gasteiger partial charge in [0.1, 0.15) is 5.75 Å². The quantitative estimate of drug-likeness (QED) is 0.765. The van der Waals surface area contributed by atoms with Gasteiger partial charge in [0.05, 0.1) is 0 Å². The summed E-state index contributed by atoms with van der Waals surface area (Å²) in [4.78, 5) is 5.71. The molecule has 1 aromatic rings. The van der Waals surface area contributed by atoms with E-state index in [9.17, 15) is 0 Å². The fraction of sp³-hybridized carbons (Fsp3) is 0.417. The van der Waals surface area contributed by atoms with Crippen LogP contribution in [0.4, 0.5) is 0 Å². The molecule has 0 aliphatic carbocycles. The molecule has 0 bridgehead atoms. The predicted octanol–water partition coefficient (Wildman–Crippen LogP) is 3.18. The fourth-order valence-corrected chi connectivity index (χ4v) is 1.77. The van der Waals surface area contributed by atoms with Crippen LogP contribution < -0.4 is 4.84 Å². The molecule has 0 saturated carbocycles. The lowest BCUT2D eigenvalue weighted by Crippen LogP contribution is -2.35. The highest BCUT2D eigenvalue weighted by molar-refractivity contribution is 6.30. The zero-order valence-corrected chi connectivity index (χ0v) is 9.41. The predicted molar refractivity (Wildman–Crippen MR) is 61.7 cm³/mol. The average Bonchev–Trinajstić information content (AvgIpc) is 2.25. The van der Waals surface area contributed by atoms with Gasteiger partial charge in [-0.25, -0.2) is 0 Å². The van der Waals surface area contributed by atoms with Crippen molar-refractivity contribution in [2.24, 2.45) is 5.92 Å². The van der Waals surface area contributed by atoms with Gasteiger partial charge in [-0.2, -0.15) is 0 Å². The maximum Gasteiger partial charge on any atom is 0.147 e. The molecule has 1 radical (unpaired) electrons. The highest BCUT2D eigenvalue weighted by Crippen LogP contribution is 2.20. The van der Waals surface area contributed by atoms with Crippen molar-refractivity contribution in [3.05, 3.63) is 36.2 Å². The summed E-state index contributed by atoms with van der Waals surface area (Å²) in [5.74, 6) is 1.43. The van der Waals surface area contributed by atoms with Gasteiger partial charge in [-0.05, 0) is 43.0 Å². The van der Waals surface area contributed by atoms with E-state index in [1.54, 1.807) is 0 Å². The first kappa shape index (κ1) is 10.8. The highest BCUT2D eigenvalue weighted by Gasteiger charge is 2.16. The molecule has 0 N–H and O–H groups in total. The molecular formula is C12H15ClNO. The number of benzene rings is 1. The number of hydroxylamine groups is 2. The minimum Gasteiger partial charge on any atom is -0.406 e. The Morgan fingerprint density at radius 3 is 2.40 bits per heavy atom. The zero-order valence-electron chi connectivity index (χ0n) is 8.66. The molecule has 1 fully saturated rings. The van der Waals surface area contributed by atoms with Crippen LogP contribution >= 0.6 is 11.6 Å². The molecule has 1 saturated heterocycles. The molecule has 0 atom stereocenters. The SMILES string of the molecule is [CH2]C1CCN(Oc2ccc(Cl)cc2)CC1. The topological polar surface area (TPSA) is 12.5 Å². The van der Waals surface area contributed by atoms with Crippen molar-refractivity contribution in [2.45, 2.75) is 12.8 Å². The molecule has 0 aromatic heterocycles. The summed E-state index contributed by atoms with van der Waals surface area (Å²) in [6, 6.07) is 7.45. The minimum absolute atomic E-state index is 0.579. The lowest BCUT2D eigenvalue weighted by molar-refractivity contribution is -0.0782. The third kappa shape index (κ3) is 3.11. The number of hydrogen-bond donors (Lipinski definition) is 0. The molecule has 1 aromatic carbocycles. The van der Waals surface area contributed by atoms with Gasteiger partial charge < -0.3 is 4.84 Å². The summed E-state index contributed by atoms with van der Waals surface area (Å²) >= 11 is 5.80. The minimum atomic E-state index is 0.579. The fourth-order valence-electron chi connectivity index (χ4n) is 1.65. The van der Waals surface area contributed by atoms with Gasteiger partial charge in [0.25, 0.3) is 0 Å². The van der Waals surface area contributed by atoms with E-state index in [4.69, 9.17) is 16.4 Å². The first-order valence-electron chi connectivity index (χ1n) is 5.25. The van der Waals surface area contributed by atoms with Crippen LogP contribution in [-0.2, 0) is 0 Å². The van der Waals surface area contributed by atoms with Gasteiger partial charge in [0.15, 0.2) is 0 Å². The van der Waals surface area contributed by atoms with Crippen LogP contribution in [0, 0.1) is 12.8 Å². The summed E-state index contributed by atoms with van der Waals surface area (Å²) in [7, 11) is 0. The summed E-state index contributed by atoms with van der Waals surface area (Å²) in [5, 5.41) is 2.73. The Morgan fingerprint density at radius 2 is 1.80 bits per heavy atom. The van der Waals surface area contributed by atoms with Gasteiger partial charge >= 0.3 is 0 Å². The number of rotatable bonds is 2. The van der Waals surface area contributed by atoms with Crippen molar-refractivity contribution in [1.82, 2.24) is 5.06 Å². The van der Waals surface area contributed by atoms with Crippen LogP contribution in [0.1, 0.15) is 12.8 Å². The van der Waals surface area contributed by atoms with E-state index in [1.807, 2.05) is 29.3 Å². The van der Waals surface area contributed by atoms with E-state index in [0.717, 1.165) is 36.7 Å². The molecule has 3 heteroatoms. The van der Waals surface area contributed by atoms with E-state index in [-0.39, 0.29) is 0 Å². The first-order valence-corrected chi connectivity index (χ1v) is 5.63. The summed E-state index contributed by atoms with van der Waals surface area (Å²) in [6.45, 7) is 5.96. The smallest absolute Gasteiger partial charge is 0.147 e. The molecule has 1 aliphatic rings. The highest BCUT2D eigenvalue weighted by atomic mass is 35.5. The van der Waals surface area contributed by atoms with Gasteiger partial charge in [-0.3, -0.25) is 0 Å². The zero-order chi connectivity index (χ0) is 10.7. The normalized spacial score (nSPS) is 19.1. The van der Waals surface area contributed by atoms with E-state index in [2.05, 4.69) is 6.92 Å². The number of halogens is 1. The van der Waals surface area contributed by atoms with E-state index < -0.39 is 0 Å². The Hall–Kier alpha value is -0.730. The molecule has 2 rings (SSSR count). The molecule has 0 spiro atoms. The molecule has 0 amide bonds. The third-order valence-electron chi connectivity index (χ3n) is 2.62. The first-order chi connectivity index (χ1) is 7.24. The van der Waals surface area contributed by atoms with E-state index in [1.165, 1.54) is 0 Å². The standard InChI is InChI=1S/C12H15ClNO/c1-10-6-8-14(9-7-10)15-12-4-2-11(13)3-5-12/h2-5,10H,1,6-9H2. The monoisotopic (exact) mass is 224 g/mol. The van der Waals surface area contributed by atoms with Crippen molar-refractivity contribution in [3.8, 4) is 5.75 Å². The molecule has 0 unspecified atom stereocenters. The molecule has 1 aliphatic heterocycles. The van der Waals surface area contributed by atoms with Crippen LogP contribution in [0.2, 0.25) is 5.02 Å². The Bertz CT molecular complexity index is 304. The molecular weight excluding hydrogens is 210 g/mol. The number of piperidine rings is 1. The second kappa shape index (κ2) is 4.86. The average molecular weight is 225 g/mol. The second-order valence-corrected chi connectivity index (χ2v) is 4.35. The maximum atomic E-state index is 5.80. The van der Waals surface area contributed by atoms with Gasteiger partial charge in [-0.15, -0.1) is 5.06 Å². The summed E-state index contributed by atoms with van der Waals surface area (Å²) in [6.07, 6.45) is 2.21. The van der Waals surface area contributed by atoms with Crippen molar-refractivity contribution >= 4 is 11.6 Å². The van der Waals surface area contributed by atoms with Crippen molar-refractivity contribution < 1.29 is 4.84 Å². The van der Waals surface area contributed by atoms with Crippen LogP contribution in [-0.4, -0.2) is 18.2 Å². The van der Waals surface area contributed by atoms with Crippen LogP contribution in [0.15, 0.2) is 24.3 Å².